The van der Waals surface area contributed by atoms with Crippen molar-refractivity contribution in [2.24, 2.45) is 5.73 Å². The van der Waals surface area contributed by atoms with Crippen LogP contribution in [0.2, 0.25) is 0 Å². The van der Waals surface area contributed by atoms with Crippen LogP contribution in [0.4, 0.5) is 0 Å². The predicted molar refractivity (Wildman–Crippen MR) is 76.0 cm³/mol. The van der Waals surface area contributed by atoms with Crippen LogP contribution in [0.5, 0.6) is 0 Å². The van der Waals surface area contributed by atoms with E-state index in [0.717, 1.165) is 10.9 Å². The minimum atomic E-state index is 0.0601. The molecule has 1 nitrogen and oxygen atoms in total. The molecule has 2 rings (SSSR count). The maximum Gasteiger partial charge on any atom is 0.0335 e. The van der Waals surface area contributed by atoms with Crippen molar-refractivity contribution in [2.75, 3.05) is 0 Å². The molecule has 1 unspecified atom stereocenters. The van der Waals surface area contributed by atoms with Crippen LogP contribution in [0.1, 0.15) is 22.7 Å². The molecule has 0 spiro atoms. The number of rotatable bonds is 3. The fourth-order valence-corrected chi connectivity index (χ4v) is 2.30. The van der Waals surface area contributed by atoms with Crippen LogP contribution < -0.4 is 5.73 Å². The van der Waals surface area contributed by atoms with Gasteiger partial charge in [-0.1, -0.05) is 57.9 Å². The standard InChI is InChI=1S/C15H16BrN/c1-11-5-7-13(8-6-11)15(17)10-12-3-2-4-14(16)9-12/h2-9,15H,10,17H2,1H3. The number of benzene rings is 2. The fraction of sp³-hybridized carbons (Fsp3) is 0.200. The quantitative estimate of drug-likeness (QED) is 0.908. The van der Waals surface area contributed by atoms with Gasteiger partial charge in [0.1, 0.15) is 0 Å². The Hall–Kier alpha value is -1.12. The Balaban J connectivity index is 2.11. The van der Waals surface area contributed by atoms with Gasteiger partial charge < -0.3 is 5.73 Å². The van der Waals surface area contributed by atoms with Gasteiger partial charge in [-0.15, -0.1) is 0 Å². The van der Waals surface area contributed by atoms with Crippen molar-refractivity contribution in [1.82, 2.24) is 0 Å². The Kier molecular flexibility index (Phi) is 3.97. The first-order valence-electron chi connectivity index (χ1n) is 5.72. The molecule has 0 aliphatic rings. The third-order valence-corrected chi connectivity index (χ3v) is 3.34. The number of nitrogens with two attached hydrogens (primary N) is 1. The summed E-state index contributed by atoms with van der Waals surface area (Å²) in [6.07, 6.45) is 0.864. The zero-order valence-corrected chi connectivity index (χ0v) is 11.4. The predicted octanol–water partition coefficient (Wildman–Crippen LogP) is 4.00. The smallest absolute Gasteiger partial charge is 0.0335 e. The first kappa shape index (κ1) is 12.3. The van der Waals surface area contributed by atoms with Gasteiger partial charge in [0, 0.05) is 10.5 Å². The number of aryl methyl sites for hydroxylation is 1. The Morgan fingerprint density at radius 1 is 1.12 bits per heavy atom. The second-order valence-electron chi connectivity index (χ2n) is 4.35. The lowest BCUT2D eigenvalue weighted by Gasteiger charge is -2.12. The zero-order valence-electron chi connectivity index (χ0n) is 9.86. The first-order valence-corrected chi connectivity index (χ1v) is 6.51. The van der Waals surface area contributed by atoms with E-state index in [2.05, 4.69) is 59.3 Å². The van der Waals surface area contributed by atoms with Crippen molar-refractivity contribution in [3.8, 4) is 0 Å². The lowest BCUT2D eigenvalue weighted by atomic mass is 9.99. The summed E-state index contributed by atoms with van der Waals surface area (Å²) in [7, 11) is 0. The van der Waals surface area contributed by atoms with Crippen LogP contribution in [0.25, 0.3) is 0 Å². The topological polar surface area (TPSA) is 26.0 Å². The molecule has 0 aliphatic heterocycles. The Morgan fingerprint density at radius 3 is 2.47 bits per heavy atom. The van der Waals surface area contributed by atoms with Crippen molar-refractivity contribution in [3.05, 3.63) is 69.7 Å². The average Bonchev–Trinajstić information content (AvgIpc) is 2.29. The molecule has 0 aromatic heterocycles. The molecule has 0 aliphatic carbocycles. The summed E-state index contributed by atoms with van der Waals surface area (Å²) < 4.78 is 1.10. The van der Waals surface area contributed by atoms with E-state index in [1.165, 1.54) is 16.7 Å². The minimum absolute atomic E-state index is 0.0601. The molecular weight excluding hydrogens is 274 g/mol. The van der Waals surface area contributed by atoms with E-state index < -0.39 is 0 Å². The molecule has 2 heteroatoms. The maximum absolute atomic E-state index is 6.21. The van der Waals surface area contributed by atoms with E-state index in [-0.39, 0.29) is 6.04 Å². The van der Waals surface area contributed by atoms with Crippen LogP contribution in [-0.4, -0.2) is 0 Å². The second-order valence-corrected chi connectivity index (χ2v) is 5.27. The molecule has 0 bridgehead atoms. The molecule has 0 radical (unpaired) electrons. The van der Waals surface area contributed by atoms with Gasteiger partial charge in [0.2, 0.25) is 0 Å². The van der Waals surface area contributed by atoms with Gasteiger partial charge in [-0.05, 0) is 36.6 Å². The molecule has 2 aromatic rings. The number of hydrogen-bond donors (Lipinski definition) is 1. The lowest BCUT2D eigenvalue weighted by Crippen LogP contribution is -2.13. The normalized spacial score (nSPS) is 12.4. The summed E-state index contributed by atoms with van der Waals surface area (Å²) in [6.45, 7) is 2.09. The zero-order chi connectivity index (χ0) is 12.3. The SMILES string of the molecule is Cc1ccc(C(N)Cc2cccc(Br)c2)cc1. The highest BCUT2D eigenvalue weighted by Crippen LogP contribution is 2.19. The summed E-state index contributed by atoms with van der Waals surface area (Å²) in [4.78, 5) is 0. The van der Waals surface area contributed by atoms with Crippen LogP contribution in [0.15, 0.2) is 53.0 Å². The van der Waals surface area contributed by atoms with E-state index in [1.54, 1.807) is 0 Å². The van der Waals surface area contributed by atoms with E-state index >= 15 is 0 Å². The molecular formula is C15H16BrN. The monoisotopic (exact) mass is 289 g/mol. The summed E-state index contributed by atoms with van der Waals surface area (Å²) in [5.41, 5.74) is 9.93. The number of halogens is 1. The van der Waals surface area contributed by atoms with Crippen LogP contribution in [-0.2, 0) is 6.42 Å². The van der Waals surface area contributed by atoms with Gasteiger partial charge in [0.15, 0.2) is 0 Å². The largest absolute Gasteiger partial charge is 0.324 e. The van der Waals surface area contributed by atoms with Gasteiger partial charge in [-0.3, -0.25) is 0 Å². The highest BCUT2D eigenvalue weighted by atomic mass is 79.9. The maximum atomic E-state index is 6.21. The summed E-state index contributed by atoms with van der Waals surface area (Å²) in [6, 6.07) is 16.8. The van der Waals surface area contributed by atoms with Gasteiger partial charge in [0.05, 0.1) is 0 Å². The average molecular weight is 290 g/mol. The number of hydrogen-bond acceptors (Lipinski definition) is 1. The van der Waals surface area contributed by atoms with Gasteiger partial charge in [-0.25, -0.2) is 0 Å². The molecule has 17 heavy (non-hydrogen) atoms. The van der Waals surface area contributed by atoms with Crippen LogP contribution >= 0.6 is 15.9 Å². The summed E-state index contributed by atoms with van der Waals surface area (Å²) in [5, 5.41) is 0. The Labute approximate surface area is 111 Å². The lowest BCUT2D eigenvalue weighted by molar-refractivity contribution is 0.721. The van der Waals surface area contributed by atoms with Crippen molar-refractivity contribution in [3.63, 3.8) is 0 Å². The van der Waals surface area contributed by atoms with Crippen molar-refractivity contribution in [2.45, 2.75) is 19.4 Å². The first-order chi connectivity index (χ1) is 8.15. The van der Waals surface area contributed by atoms with E-state index in [4.69, 9.17) is 5.73 Å². The molecule has 1 atom stereocenters. The molecule has 0 amide bonds. The summed E-state index contributed by atoms with van der Waals surface area (Å²) in [5.74, 6) is 0. The highest BCUT2D eigenvalue weighted by Gasteiger charge is 2.06. The molecule has 0 heterocycles. The van der Waals surface area contributed by atoms with Gasteiger partial charge in [0.25, 0.3) is 0 Å². The van der Waals surface area contributed by atoms with Crippen LogP contribution in [0.3, 0.4) is 0 Å². The molecule has 2 N–H and O–H groups in total. The molecule has 88 valence electrons. The van der Waals surface area contributed by atoms with Gasteiger partial charge >= 0.3 is 0 Å². The Bertz CT molecular complexity index is 491. The van der Waals surface area contributed by atoms with Crippen molar-refractivity contribution < 1.29 is 0 Å². The van der Waals surface area contributed by atoms with Crippen molar-refractivity contribution >= 4 is 15.9 Å². The van der Waals surface area contributed by atoms with E-state index in [9.17, 15) is 0 Å². The third-order valence-electron chi connectivity index (χ3n) is 2.85. The molecule has 0 saturated heterocycles. The van der Waals surface area contributed by atoms with Crippen molar-refractivity contribution in [1.29, 1.82) is 0 Å². The highest BCUT2D eigenvalue weighted by molar-refractivity contribution is 9.10. The Morgan fingerprint density at radius 2 is 1.82 bits per heavy atom. The van der Waals surface area contributed by atoms with E-state index in [0.29, 0.717) is 0 Å². The minimum Gasteiger partial charge on any atom is -0.324 e. The second kappa shape index (κ2) is 5.48. The van der Waals surface area contributed by atoms with Gasteiger partial charge in [-0.2, -0.15) is 0 Å². The van der Waals surface area contributed by atoms with Crippen LogP contribution in [0, 0.1) is 6.92 Å². The molecule has 0 fully saturated rings. The summed E-state index contributed by atoms with van der Waals surface area (Å²) >= 11 is 3.48. The third kappa shape index (κ3) is 3.42. The molecule has 0 saturated carbocycles. The fourth-order valence-electron chi connectivity index (χ4n) is 1.85. The molecule has 2 aromatic carbocycles. The van der Waals surface area contributed by atoms with E-state index in [1.807, 2.05) is 12.1 Å².